The quantitative estimate of drug-likeness (QED) is 0.0436. The number of hydrogen-bond donors (Lipinski definition) is 2. The van der Waals surface area contributed by atoms with Crippen molar-refractivity contribution in [3.05, 3.63) is 185 Å². The molecule has 0 aliphatic carbocycles. The lowest BCUT2D eigenvalue weighted by atomic mass is 10.0. The Morgan fingerprint density at radius 2 is 0.849 bits per heavy atom. The number of rotatable bonds is 29. The van der Waals surface area contributed by atoms with Crippen LogP contribution in [0.25, 0.3) is 0 Å². The molecule has 0 aliphatic heterocycles. The minimum absolute atomic E-state index is 0.203. The summed E-state index contributed by atoms with van der Waals surface area (Å²) < 4.78 is 64.0. The van der Waals surface area contributed by atoms with E-state index in [0.717, 1.165) is 111 Å². The fourth-order valence-corrected chi connectivity index (χ4v) is 11.8. The van der Waals surface area contributed by atoms with Gasteiger partial charge in [-0.25, -0.2) is 26.4 Å². The third-order valence-electron chi connectivity index (χ3n) is 12.9. The zero-order valence-electron chi connectivity index (χ0n) is 43.0. The van der Waals surface area contributed by atoms with Crippen LogP contribution in [0.2, 0.25) is 0 Å². The summed E-state index contributed by atoms with van der Waals surface area (Å²) in [5, 5.41) is 18.3. The summed E-state index contributed by atoms with van der Waals surface area (Å²) in [6.07, 6.45) is 14.9. The number of aromatic carboxylic acids is 2. The molecule has 11 nitrogen and oxygen atoms in total. The molecule has 6 rings (SSSR count). The molecule has 0 heterocycles. The molecule has 0 saturated heterocycles. The van der Waals surface area contributed by atoms with Crippen molar-refractivity contribution in [1.29, 1.82) is 0 Å². The first-order chi connectivity index (χ1) is 35.2. The number of hydrogen-bond acceptors (Lipinski definition) is 7. The summed E-state index contributed by atoms with van der Waals surface area (Å²) in [5.74, 6) is -1.40. The molecule has 0 radical (unpaired) electrons. The van der Waals surface area contributed by atoms with Crippen molar-refractivity contribution in [3.8, 4) is 5.75 Å². The summed E-state index contributed by atoms with van der Waals surface area (Å²) in [6, 6.07) is 42.9. The van der Waals surface area contributed by atoms with Gasteiger partial charge in [0.15, 0.2) is 0 Å². The minimum atomic E-state index is -3.81. The average Bonchev–Trinajstić information content (AvgIpc) is 3.40. The van der Waals surface area contributed by atoms with Crippen molar-refractivity contribution in [2.24, 2.45) is 0 Å². The zero-order chi connectivity index (χ0) is 52.6. The Balaban J connectivity index is 0.000000271. The van der Waals surface area contributed by atoms with Crippen molar-refractivity contribution in [2.75, 3.05) is 28.8 Å². The number of para-hydroxylation sites is 2. The van der Waals surface area contributed by atoms with Crippen LogP contribution in [-0.2, 0) is 52.2 Å². The van der Waals surface area contributed by atoms with Gasteiger partial charge in [-0.1, -0.05) is 157 Å². The molecule has 0 spiro atoms. The number of unbranched alkanes of at least 4 members (excludes halogenated alkanes) is 8. The van der Waals surface area contributed by atoms with E-state index < -0.39 is 32.0 Å². The topological polar surface area (TPSA) is 159 Å². The molecule has 0 fully saturated rings. The lowest BCUT2D eigenvalue weighted by molar-refractivity contribution is 0.0686. The largest absolute Gasteiger partial charge is 0.497 e. The highest BCUT2D eigenvalue weighted by Crippen LogP contribution is 2.32. The first-order valence-corrected chi connectivity index (χ1v) is 28.7. The van der Waals surface area contributed by atoms with Crippen LogP contribution in [0.1, 0.15) is 140 Å². The molecule has 6 aromatic rings. The second kappa shape index (κ2) is 29.3. The van der Waals surface area contributed by atoms with Gasteiger partial charge in [-0.15, -0.1) is 0 Å². The molecular weight excluding hydrogens is 957 g/mol. The van der Waals surface area contributed by atoms with E-state index >= 15 is 0 Å². The molecule has 0 aromatic heterocycles. The molecule has 0 unspecified atom stereocenters. The molecule has 0 bridgehead atoms. The van der Waals surface area contributed by atoms with E-state index in [1.807, 2.05) is 84.9 Å². The number of ether oxygens (including phenoxy) is 1. The number of benzene rings is 6. The smallest absolute Gasteiger partial charge is 0.335 e. The van der Waals surface area contributed by atoms with Gasteiger partial charge in [0.25, 0.3) is 20.0 Å². The zero-order valence-corrected chi connectivity index (χ0v) is 44.7. The van der Waals surface area contributed by atoms with E-state index in [0.29, 0.717) is 55.1 Å². The molecule has 390 valence electrons. The van der Waals surface area contributed by atoms with Crippen LogP contribution >= 0.6 is 0 Å². The predicted molar refractivity (Wildman–Crippen MR) is 295 cm³/mol. The average molecular weight is 1030 g/mol. The van der Waals surface area contributed by atoms with Crippen molar-refractivity contribution in [1.82, 2.24) is 0 Å². The maximum Gasteiger partial charge on any atom is 0.335 e. The molecule has 6 aromatic carbocycles. The van der Waals surface area contributed by atoms with E-state index in [4.69, 9.17) is 14.9 Å². The minimum Gasteiger partial charge on any atom is -0.497 e. The molecule has 0 amide bonds. The van der Waals surface area contributed by atoms with Gasteiger partial charge in [0, 0.05) is 19.2 Å². The van der Waals surface area contributed by atoms with Crippen LogP contribution in [0.4, 0.5) is 11.4 Å². The monoisotopic (exact) mass is 1030 g/mol. The first kappa shape index (κ1) is 57.5. The second-order valence-corrected chi connectivity index (χ2v) is 22.0. The molecule has 2 N–H and O–H groups in total. The van der Waals surface area contributed by atoms with Crippen LogP contribution in [0, 0.1) is 0 Å². The summed E-state index contributed by atoms with van der Waals surface area (Å²) in [7, 11) is -6.02. The second-order valence-electron chi connectivity index (χ2n) is 18.3. The van der Waals surface area contributed by atoms with Crippen LogP contribution in [0.5, 0.6) is 5.75 Å². The summed E-state index contributed by atoms with van der Waals surface area (Å²) >= 11 is 0. The lowest BCUT2D eigenvalue weighted by Crippen LogP contribution is -2.33. The number of aryl methyl sites for hydroxylation is 5. The SMILES string of the molecule is CCCCCCCN(c1ccccc1CCc1ccc(C(=O)O)cc1)S(=O)(=O)c1ccc(CCC)cc1.CCCCCCCN(c1ccccc1CCc1ccc(C(=O)O)cc1)S(=O)(=O)c1cccc(OC)c1. The fourth-order valence-electron chi connectivity index (χ4n) is 8.71. The maximum atomic E-state index is 13.9. The van der Waals surface area contributed by atoms with Crippen molar-refractivity contribution in [3.63, 3.8) is 0 Å². The van der Waals surface area contributed by atoms with Crippen molar-refractivity contribution in [2.45, 2.75) is 133 Å². The molecule has 13 heteroatoms. The number of methoxy groups -OCH3 is 1. The summed E-state index contributed by atoms with van der Waals surface area (Å²) in [4.78, 5) is 22.8. The highest BCUT2D eigenvalue weighted by molar-refractivity contribution is 7.93. The Morgan fingerprint density at radius 3 is 1.27 bits per heavy atom. The van der Waals surface area contributed by atoms with Gasteiger partial charge in [-0.3, -0.25) is 8.61 Å². The Bertz CT molecular complexity index is 2870. The normalized spacial score (nSPS) is 11.3. The number of carboxylic acid groups (broad SMARTS) is 2. The van der Waals surface area contributed by atoms with E-state index in [1.54, 1.807) is 65.0 Å². The Hall–Kier alpha value is -6.44. The van der Waals surface area contributed by atoms with Gasteiger partial charge in [0.1, 0.15) is 5.75 Å². The number of anilines is 2. The third-order valence-corrected chi connectivity index (χ3v) is 16.5. The Morgan fingerprint density at radius 1 is 0.438 bits per heavy atom. The third kappa shape index (κ3) is 17.1. The van der Waals surface area contributed by atoms with Crippen LogP contribution in [0.15, 0.2) is 155 Å². The Kier molecular flexibility index (Phi) is 23.1. The van der Waals surface area contributed by atoms with Gasteiger partial charge >= 0.3 is 11.9 Å². The highest BCUT2D eigenvalue weighted by Gasteiger charge is 2.28. The van der Waals surface area contributed by atoms with Gasteiger partial charge in [-0.2, -0.15) is 0 Å². The van der Waals surface area contributed by atoms with Gasteiger partial charge in [0.2, 0.25) is 0 Å². The van der Waals surface area contributed by atoms with E-state index in [-0.39, 0.29) is 16.0 Å². The molecular formula is C60H74N2O9S2. The summed E-state index contributed by atoms with van der Waals surface area (Å²) in [6.45, 7) is 7.28. The van der Waals surface area contributed by atoms with Crippen molar-refractivity contribution < 1.29 is 41.4 Å². The fraction of sp³-hybridized carbons (Fsp3) is 0.367. The van der Waals surface area contributed by atoms with E-state index in [1.165, 1.54) is 11.4 Å². The number of nitrogens with zero attached hydrogens (tertiary/aromatic N) is 2. The lowest BCUT2D eigenvalue weighted by Gasteiger charge is -2.27. The van der Waals surface area contributed by atoms with Crippen LogP contribution < -0.4 is 13.3 Å². The first-order valence-electron chi connectivity index (χ1n) is 25.8. The van der Waals surface area contributed by atoms with Crippen LogP contribution in [0.3, 0.4) is 0 Å². The molecule has 0 aliphatic rings. The molecule has 0 atom stereocenters. The molecule has 0 saturated carbocycles. The van der Waals surface area contributed by atoms with Crippen LogP contribution in [-0.4, -0.2) is 59.2 Å². The predicted octanol–water partition coefficient (Wildman–Crippen LogP) is 13.6. The number of carbonyl (C=O) groups is 2. The van der Waals surface area contributed by atoms with E-state index in [2.05, 4.69) is 20.8 Å². The van der Waals surface area contributed by atoms with E-state index in [9.17, 15) is 26.4 Å². The highest BCUT2D eigenvalue weighted by atomic mass is 32.2. The van der Waals surface area contributed by atoms with Gasteiger partial charge in [-0.05, 0) is 133 Å². The maximum absolute atomic E-state index is 13.9. The van der Waals surface area contributed by atoms with Gasteiger partial charge < -0.3 is 14.9 Å². The van der Waals surface area contributed by atoms with Crippen molar-refractivity contribution >= 4 is 43.4 Å². The standard InChI is InChI=1S/C31H39NO4S.C29H35NO5S/c1-3-5-6-7-10-24-32(37(35,36)29-22-17-25(11-4-2)18-23-29)30-13-9-8-12-27(30)19-14-26-15-20-28(21-16-26)31(33)34;1-3-4-5-6-9-21-30(36(33,34)27-13-10-12-26(22-27)35-2)28-14-8-7-11-24(28)18-15-23-16-19-25(20-17-23)29(31)32/h8-9,12-13,15-18,20-23H,3-7,10-11,14,19,24H2,1-2H3,(H,33,34);7-8,10-14,16-17,19-20,22H,3-6,9,15,18,21H2,1-2H3,(H,31,32). The Labute approximate surface area is 435 Å². The number of sulfonamides is 2. The summed E-state index contributed by atoms with van der Waals surface area (Å²) in [5.41, 5.74) is 6.95. The molecule has 73 heavy (non-hydrogen) atoms. The number of carboxylic acids is 2. The van der Waals surface area contributed by atoms with Gasteiger partial charge in [0.05, 0.1) is 39.4 Å².